The Morgan fingerprint density at radius 1 is 0.946 bits per heavy atom. The van der Waals surface area contributed by atoms with E-state index in [0.717, 1.165) is 33.5 Å². The van der Waals surface area contributed by atoms with Crippen molar-refractivity contribution in [2.75, 3.05) is 6.54 Å². The van der Waals surface area contributed by atoms with Gasteiger partial charge in [0.15, 0.2) is 0 Å². The number of para-hydroxylation sites is 2. The number of aromatic nitrogens is 1. The molecule has 1 heterocycles. The molecular weight excluding hydrogens is 460 g/mol. The number of aryl methyl sites for hydroxylation is 1. The minimum absolute atomic E-state index is 0.0723. The highest BCUT2D eigenvalue weighted by Crippen LogP contribution is 2.24. The summed E-state index contributed by atoms with van der Waals surface area (Å²) in [7, 11) is 0. The summed E-state index contributed by atoms with van der Waals surface area (Å²) in [5.74, 6) is -0.206. The van der Waals surface area contributed by atoms with Crippen molar-refractivity contribution in [3.63, 3.8) is 0 Å². The van der Waals surface area contributed by atoms with Gasteiger partial charge < -0.3 is 9.84 Å². The smallest absolute Gasteiger partial charge is 0.306 e. The number of rotatable bonds is 12. The fraction of sp³-hybridized carbons (Fsp3) is 0.312. The predicted octanol–water partition coefficient (Wildman–Crippen LogP) is 6.87. The zero-order valence-electron chi connectivity index (χ0n) is 21.9. The van der Waals surface area contributed by atoms with Crippen LogP contribution in [0.4, 0.5) is 0 Å². The third kappa shape index (κ3) is 7.40. The van der Waals surface area contributed by atoms with E-state index in [-0.39, 0.29) is 11.8 Å². The van der Waals surface area contributed by atoms with E-state index in [1.165, 1.54) is 5.56 Å². The number of hydrogen-bond acceptors (Lipinski definition) is 4. The molecule has 0 amide bonds. The third-order valence-electron chi connectivity index (χ3n) is 6.76. The Balaban J connectivity index is 1.54. The number of aliphatic carboxylic acids is 1. The van der Waals surface area contributed by atoms with Gasteiger partial charge in [0.05, 0.1) is 17.1 Å². The van der Waals surface area contributed by atoms with Crippen molar-refractivity contribution < 1.29 is 14.6 Å². The van der Waals surface area contributed by atoms with E-state index >= 15 is 0 Å². The van der Waals surface area contributed by atoms with Crippen LogP contribution in [-0.4, -0.2) is 27.5 Å². The quantitative estimate of drug-likeness (QED) is 0.232. The molecule has 0 saturated carbocycles. The van der Waals surface area contributed by atoms with Crippen LogP contribution in [0.2, 0.25) is 0 Å². The summed E-state index contributed by atoms with van der Waals surface area (Å²) in [4.78, 5) is 19.0. The number of nitrogens with zero attached hydrogens (tertiary/aromatic N) is 2. The SMILES string of the molecule is Cc1cccc(COc2ccccc2CN(CCC(C(=O)O)C(C)C)Cc2ccc3ccccc3n2)c1. The number of hydrogen-bond donors (Lipinski definition) is 1. The monoisotopic (exact) mass is 496 g/mol. The lowest BCUT2D eigenvalue weighted by atomic mass is 9.92. The zero-order valence-corrected chi connectivity index (χ0v) is 21.9. The molecule has 4 aromatic rings. The van der Waals surface area contributed by atoms with Gasteiger partial charge in [-0.15, -0.1) is 0 Å². The van der Waals surface area contributed by atoms with Crippen LogP contribution in [0.5, 0.6) is 5.75 Å². The first-order chi connectivity index (χ1) is 17.9. The van der Waals surface area contributed by atoms with Crippen LogP contribution >= 0.6 is 0 Å². The van der Waals surface area contributed by atoms with Gasteiger partial charge in [0.25, 0.3) is 0 Å². The summed E-state index contributed by atoms with van der Waals surface area (Å²) in [6.07, 6.45) is 0.576. The maximum absolute atomic E-state index is 11.9. The molecular formula is C32H36N2O3. The zero-order chi connectivity index (χ0) is 26.2. The van der Waals surface area contributed by atoms with Crippen LogP contribution in [0, 0.1) is 18.8 Å². The van der Waals surface area contributed by atoms with E-state index in [4.69, 9.17) is 9.72 Å². The van der Waals surface area contributed by atoms with Crippen LogP contribution in [0.25, 0.3) is 10.9 Å². The summed E-state index contributed by atoms with van der Waals surface area (Å²) in [6, 6.07) is 28.7. The molecule has 5 heteroatoms. The first-order valence-electron chi connectivity index (χ1n) is 12.9. The van der Waals surface area contributed by atoms with Gasteiger partial charge in [-0.2, -0.15) is 0 Å². The second-order valence-electron chi connectivity index (χ2n) is 10.1. The fourth-order valence-electron chi connectivity index (χ4n) is 4.68. The molecule has 0 aliphatic carbocycles. The van der Waals surface area contributed by atoms with Crippen LogP contribution in [-0.2, 0) is 24.5 Å². The first kappa shape index (κ1) is 26.4. The molecule has 4 rings (SSSR count). The first-order valence-corrected chi connectivity index (χ1v) is 12.9. The standard InChI is InChI=1S/C32H36N2O3/c1-23(2)29(32(35)36)17-18-34(21-28-16-15-26-11-4-6-13-30(26)33-28)20-27-12-5-7-14-31(27)37-22-25-10-8-9-24(3)19-25/h4-16,19,23,29H,17-18,20-22H2,1-3H3,(H,35,36). The van der Waals surface area contributed by atoms with Crippen LogP contribution < -0.4 is 4.74 Å². The highest BCUT2D eigenvalue weighted by Gasteiger charge is 2.23. The van der Waals surface area contributed by atoms with E-state index in [0.29, 0.717) is 32.7 Å². The van der Waals surface area contributed by atoms with E-state index in [1.54, 1.807) is 0 Å². The topological polar surface area (TPSA) is 62.7 Å². The van der Waals surface area contributed by atoms with Gasteiger partial charge in [0.2, 0.25) is 0 Å². The maximum Gasteiger partial charge on any atom is 0.306 e. The lowest BCUT2D eigenvalue weighted by molar-refractivity contribution is -0.143. The Hall–Kier alpha value is -3.70. The Labute approximate surface area is 219 Å². The minimum Gasteiger partial charge on any atom is -0.489 e. The number of benzene rings is 3. The molecule has 1 unspecified atom stereocenters. The number of fused-ring (bicyclic) bond motifs is 1. The van der Waals surface area contributed by atoms with Gasteiger partial charge in [-0.05, 0) is 49.6 Å². The lowest BCUT2D eigenvalue weighted by Gasteiger charge is -2.26. The molecule has 0 radical (unpaired) electrons. The molecule has 0 bridgehead atoms. The van der Waals surface area contributed by atoms with Crippen molar-refractivity contribution in [1.82, 2.24) is 9.88 Å². The predicted molar refractivity (Wildman–Crippen MR) is 148 cm³/mol. The number of carboxylic acids is 1. The highest BCUT2D eigenvalue weighted by molar-refractivity contribution is 5.78. The number of ether oxygens (including phenoxy) is 1. The maximum atomic E-state index is 11.9. The van der Waals surface area contributed by atoms with Crippen LogP contribution in [0.3, 0.4) is 0 Å². The number of carbonyl (C=O) groups is 1. The van der Waals surface area contributed by atoms with E-state index < -0.39 is 5.97 Å². The van der Waals surface area contributed by atoms with Crippen molar-refractivity contribution in [3.8, 4) is 5.75 Å². The van der Waals surface area contributed by atoms with Gasteiger partial charge in [-0.1, -0.05) is 86.1 Å². The largest absolute Gasteiger partial charge is 0.489 e. The van der Waals surface area contributed by atoms with Crippen molar-refractivity contribution in [3.05, 3.63) is 107 Å². The van der Waals surface area contributed by atoms with Crippen molar-refractivity contribution in [2.45, 2.75) is 46.9 Å². The van der Waals surface area contributed by atoms with Gasteiger partial charge in [-0.25, -0.2) is 0 Å². The molecule has 0 saturated heterocycles. The molecule has 0 aliphatic heterocycles. The Kier molecular flexibility index (Phi) is 8.91. The molecule has 0 aliphatic rings. The molecule has 1 atom stereocenters. The third-order valence-corrected chi connectivity index (χ3v) is 6.76. The Bertz CT molecular complexity index is 1330. The molecule has 0 spiro atoms. The number of carboxylic acid groups (broad SMARTS) is 1. The second kappa shape index (κ2) is 12.5. The van der Waals surface area contributed by atoms with E-state index in [9.17, 15) is 9.90 Å². The van der Waals surface area contributed by atoms with Gasteiger partial charge in [0.1, 0.15) is 12.4 Å². The van der Waals surface area contributed by atoms with Crippen LogP contribution in [0.15, 0.2) is 84.9 Å². The summed E-state index contributed by atoms with van der Waals surface area (Å²) in [5, 5.41) is 10.9. The summed E-state index contributed by atoms with van der Waals surface area (Å²) < 4.78 is 6.25. The lowest BCUT2D eigenvalue weighted by Crippen LogP contribution is -2.29. The average Bonchev–Trinajstić information content (AvgIpc) is 2.88. The van der Waals surface area contributed by atoms with Crippen molar-refractivity contribution in [1.29, 1.82) is 0 Å². The van der Waals surface area contributed by atoms with E-state index in [2.05, 4.69) is 54.3 Å². The average molecular weight is 497 g/mol. The molecule has 192 valence electrons. The molecule has 3 aromatic carbocycles. The molecule has 5 nitrogen and oxygen atoms in total. The van der Waals surface area contributed by atoms with Gasteiger partial charge >= 0.3 is 5.97 Å². The second-order valence-corrected chi connectivity index (χ2v) is 10.1. The van der Waals surface area contributed by atoms with E-state index in [1.807, 2.05) is 56.3 Å². The highest BCUT2D eigenvalue weighted by atomic mass is 16.5. The molecule has 37 heavy (non-hydrogen) atoms. The van der Waals surface area contributed by atoms with Crippen molar-refractivity contribution in [2.24, 2.45) is 11.8 Å². The Morgan fingerprint density at radius 3 is 2.51 bits per heavy atom. The van der Waals surface area contributed by atoms with Crippen molar-refractivity contribution >= 4 is 16.9 Å². The molecule has 1 N–H and O–H groups in total. The summed E-state index contributed by atoms with van der Waals surface area (Å²) in [6.45, 7) is 8.45. The fourth-order valence-corrected chi connectivity index (χ4v) is 4.68. The molecule has 0 fully saturated rings. The minimum atomic E-state index is -0.735. The van der Waals surface area contributed by atoms with Gasteiger partial charge in [-0.3, -0.25) is 14.7 Å². The normalized spacial score (nSPS) is 12.2. The number of pyridine rings is 1. The summed E-state index contributed by atoms with van der Waals surface area (Å²) in [5.41, 5.74) is 5.35. The molecule has 1 aromatic heterocycles. The Morgan fingerprint density at radius 2 is 1.73 bits per heavy atom. The summed E-state index contributed by atoms with van der Waals surface area (Å²) >= 11 is 0. The van der Waals surface area contributed by atoms with Crippen LogP contribution in [0.1, 0.15) is 42.7 Å². The van der Waals surface area contributed by atoms with Gasteiger partial charge in [0, 0.05) is 24.0 Å².